The average molecular weight is 136 g/mol. The molecule has 0 unspecified atom stereocenters. The smallest absolute Gasteiger partial charge is 0.137 e. The zero-order chi connectivity index (χ0) is 7.23. The molecular weight excluding hydrogens is 128 g/mol. The van der Waals surface area contributed by atoms with Crippen LogP contribution in [0.2, 0.25) is 0 Å². The molecule has 0 radical (unpaired) electrons. The summed E-state index contributed by atoms with van der Waals surface area (Å²) >= 11 is 0. The number of aromatic nitrogens is 3. The first-order chi connectivity index (χ1) is 4.93. The third kappa shape index (κ3) is 1.86. The first-order valence-corrected chi connectivity index (χ1v) is 3.13. The molecule has 4 heteroatoms. The highest BCUT2D eigenvalue weighted by Gasteiger charge is 1.88. The first kappa shape index (κ1) is 6.75. The topological polar surface area (TPSA) is 54.5 Å². The van der Waals surface area contributed by atoms with Gasteiger partial charge >= 0.3 is 0 Å². The van der Waals surface area contributed by atoms with Gasteiger partial charge in [0, 0.05) is 13.0 Å². The molecule has 0 saturated heterocycles. The Morgan fingerprint density at radius 2 is 2.50 bits per heavy atom. The molecule has 10 heavy (non-hydrogen) atoms. The van der Waals surface area contributed by atoms with E-state index in [0.717, 1.165) is 13.0 Å². The Balaban J connectivity index is 2.23. The van der Waals surface area contributed by atoms with Gasteiger partial charge in [-0.1, -0.05) is 0 Å². The summed E-state index contributed by atoms with van der Waals surface area (Å²) in [4.78, 5) is 3.77. The van der Waals surface area contributed by atoms with E-state index in [1.54, 1.807) is 11.0 Å². The molecule has 1 rings (SSSR count). The van der Waals surface area contributed by atoms with Crippen molar-refractivity contribution in [1.82, 2.24) is 14.8 Å². The number of nitrogens with zero attached hydrogens (tertiary/aromatic N) is 4. The quantitative estimate of drug-likeness (QED) is 0.571. The fourth-order valence-electron chi connectivity index (χ4n) is 0.668. The Hall–Kier alpha value is -1.37. The zero-order valence-electron chi connectivity index (χ0n) is 5.56. The van der Waals surface area contributed by atoms with Crippen molar-refractivity contribution < 1.29 is 0 Å². The second-order valence-electron chi connectivity index (χ2n) is 1.92. The van der Waals surface area contributed by atoms with Gasteiger partial charge in [0.1, 0.15) is 12.7 Å². The summed E-state index contributed by atoms with van der Waals surface area (Å²) in [6.45, 7) is 0.785. The molecule has 52 valence electrons. The van der Waals surface area contributed by atoms with E-state index < -0.39 is 0 Å². The second-order valence-corrected chi connectivity index (χ2v) is 1.92. The van der Waals surface area contributed by atoms with Gasteiger partial charge in [-0.15, -0.1) is 0 Å². The predicted molar refractivity (Wildman–Crippen MR) is 34.9 cm³/mol. The molecule has 0 aliphatic heterocycles. The van der Waals surface area contributed by atoms with Gasteiger partial charge in [-0.2, -0.15) is 10.4 Å². The number of rotatable bonds is 3. The number of nitriles is 1. The van der Waals surface area contributed by atoms with Crippen LogP contribution in [0.15, 0.2) is 12.7 Å². The lowest BCUT2D eigenvalue weighted by Gasteiger charge is -1.93. The molecule has 4 nitrogen and oxygen atoms in total. The number of hydrogen-bond donors (Lipinski definition) is 0. The Labute approximate surface area is 59.1 Å². The molecule has 0 aromatic carbocycles. The largest absolute Gasteiger partial charge is 0.253 e. The Morgan fingerprint density at radius 1 is 1.60 bits per heavy atom. The molecule has 0 aliphatic rings. The van der Waals surface area contributed by atoms with Crippen LogP contribution < -0.4 is 0 Å². The van der Waals surface area contributed by atoms with Crippen molar-refractivity contribution in [1.29, 1.82) is 5.26 Å². The predicted octanol–water partition coefficient (Wildman–Crippen LogP) is 0.582. The van der Waals surface area contributed by atoms with Crippen LogP contribution in [0.25, 0.3) is 0 Å². The lowest BCUT2D eigenvalue weighted by Crippen LogP contribution is -1.97. The van der Waals surface area contributed by atoms with Gasteiger partial charge < -0.3 is 0 Å². The Bertz CT molecular complexity index is 208. The summed E-state index contributed by atoms with van der Waals surface area (Å²) < 4.78 is 1.72. The highest BCUT2D eigenvalue weighted by molar-refractivity contribution is 4.68. The monoisotopic (exact) mass is 136 g/mol. The van der Waals surface area contributed by atoms with E-state index in [-0.39, 0.29) is 0 Å². The third-order valence-electron chi connectivity index (χ3n) is 1.14. The van der Waals surface area contributed by atoms with Crippen LogP contribution in [-0.2, 0) is 6.54 Å². The normalized spacial score (nSPS) is 9.10. The second kappa shape index (κ2) is 3.62. The van der Waals surface area contributed by atoms with Crippen molar-refractivity contribution in [3.8, 4) is 6.07 Å². The van der Waals surface area contributed by atoms with Crippen molar-refractivity contribution in [3.05, 3.63) is 12.7 Å². The van der Waals surface area contributed by atoms with E-state index >= 15 is 0 Å². The lowest BCUT2D eigenvalue weighted by molar-refractivity contribution is 0.584. The van der Waals surface area contributed by atoms with E-state index in [0.29, 0.717) is 6.42 Å². The number of aryl methyl sites for hydroxylation is 1. The molecule has 0 spiro atoms. The van der Waals surface area contributed by atoms with Gasteiger partial charge in [0.05, 0.1) is 6.07 Å². The maximum absolute atomic E-state index is 8.20. The van der Waals surface area contributed by atoms with Crippen molar-refractivity contribution in [3.63, 3.8) is 0 Å². The van der Waals surface area contributed by atoms with Gasteiger partial charge in [-0.05, 0) is 6.42 Å². The summed E-state index contributed by atoms with van der Waals surface area (Å²) in [6.07, 6.45) is 4.57. The molecular formula is C6H8N4. The molecule has 0 fully saturated rings. The SMILES string of the molecule is N#CCCCn1cncn1. The van der Waals surface area contributed by atoms with E-state index in [9.17, 15) is 0 Å². The molecule has 0 atom stereocenters. The maximum atomic E-state index is 8.20. The summed E-state index contributed by atoms with van der Waals surface area (Å²) in [5, 5.41) is 12.1. The third-order valence-corrected chi connectivity index (χ3v) is 1.14. The van der Waals surface area contributed by atoms with Crippen molar-refractivity contribution in [2.75, 3.05) is 0 Å². The van der Waals surface area contributed by atoms with Gasteiger partial charge in [0.2, 0.25) is 0 Å². The standard InChI is InChI=1S/C6H8N4/c7-3-1-2-4-10-6-8-5-9-10/h5-6H,1-2,4H2. The fourth-order valence-corrected chi connectivity index (χ4v) is 0.668. The van der Waals surface area contributed by atoms with Crippen LogP contribution in [0.3, 0.4) is 0 Å². The number of unbranched alkanes of at least 4 members (excludes halogenated alkanes) is 1. The average Bonchev–Trinajstić information content (AvgIpc) is 2.41. The minimum Gasteiger partial charge on any atom is -0.253 e. The lowest BCUT2D eigenvalue weighted by atomic mass is 10.3. The Kier molecular flexibility index (Phi) is 2.44. The minimum absolute atomic E-state index is 0.583. The summed E-state index contributed by atoms with van der Waals surface area (Å²) in [7, 11) is 0. The van der Waals surface area contributed by atoms with Crippen molar-refractivity contribution in [2.45, 2.75) is 19.4 Å². The molecule has 0 amide bonds. The summed E-state index contributed by atoms with van der Waals surface area (Å²) in [5.41, 5.74) is 0. The molecule has 0 bridgehead atoms. The van der Waals surface area contributed by atoms with E-state index in [1.807, 2.05) is 0 Å². The first-order valence-electron chi connectivity index (χ1n) is 3.13. The van der Waals surface area contributed by atoms with Gasteiger partial charge in [0.25, 0.3) is 0 Å². The fraction of sp³-hybridized carbons (Fsp3) is 0.500. The highest BCUT2D eigenvalue weighted by atomic mass is 15.3. The van der Waals surface area contributed by atoms with Crippen LogP contribution in [0, 0.1) is 11.3 Å². The van der Waals surface area contributed by atoms with E-state index in [2.05, 4.69) is 16.2 Å². The minimum atomic E-state index is 0.583. The number of hydrogen-bond acceptors (Lipinski definition) is 3. The molecule has 1 aromatic rings. The highest BCUT2D eigenvalue weighted by Crippen LogP contribution is 1.89. The Morgan fingerprint density at radius 3 is 3.10 bits per heavy atom. The van der Waals surface area contributed by atoms with Crippen LogP contribution in [0.4, 0.5) is 0 Å². The molecule has 0 N–H and O–H groups in total. The van der Waals surface area contributed by atoms with Gasteiger partial charge in [-0.3, -0.25) is 4.68 Å². The maximum Gasteiger partial charge on any atom is 0.137 e. The van der Waals surface area contributed by atoms with Crippen LogP contribution in [-0.4, -0.2) is 14.8 Å². The zero-order valence-corrected chi connectivity index (χ0v) is 5.56. The van der Waals surface area contributed by atoms with Crippen LogP contribution in [0.1, 0.15) is 12.8 Å². The molecule has 1 aromatic heterocycles. The van der Waals surface area contributed by atoms with E-state index in [1.165, 1.54) is 6.33 Å². The molecule has 0 saturated carbocycles. The molecule has 0 aliphatic carbocycles. The molecule has 1 heterocycles. The van der Waals surface area contributed by atoms with Gasteiger partial charge in [-0.25, -0.2) is 4.98 Å². The summed E-state index contributed by atoms with van der Waals surface area (Å²) in [6, 6.07) is 2.07. The van der Waals surface area contributed by atoms with Crippen molar-refractivity contribution in [2.24, 2.45) is 0 Å². The van der Waals surface area contributed by atoms with Crippen LogP contribution in [0.5, 0.6) is 0 Å². The summed E-state index contributed by atoms with van der Waals surface area (Å²) in [5.74, 6) is 0. The van der Waals surface area contributed by atoms with Gasteiger partial charge in [0.15, 0.2) is 0 Å². The van der Waals surface area contributed by atoms with E-state index in [4.69, 9.17) is 5.26 Å². The van der Waals surface area contributed by atoms with Crippen LogP contribution >= 0.6 is 0 Å². The van der Waals surface area contributed by atoms with Crippen molar-refractivity contribution >= 4 is 0 Å².